The Hall–Kier alpha value is -2.68. The number of anilines is 2. The third-order valence-corrected chi connectivity index (χ3v) is 5.96. The Labute approximate surface area is 181 Å². The molecule has 162 valence electrons. The van der Waals surface area contributed by atoms with Gasteiger partial charge in [0.25, 0.3) is 0 Å². The molecule has 0 spiro atoms. The highest BCUT2D eigenvalue weighted by Crippen LogP contribution is 2.40. The SMILES string of the molecule is COc1cc(NC(=O)CSc2cc(N3CCC(C)CC3)ncn2)cc(OC)c1OC. The summed E-state index contributed by atoms with van der Waals surface area (Å²) in [5.41, 5.74) is 0.570. The van der Waals surface area contributed by atoms with Crippen LogP contribution in [0.5, 0.6) is 17.2 Å². The van der Waals surface area contributed by atoms with Crippen molar-refractivity contribution >= 4 is 29.2 Å². The Morgan fingerprint density at radius 1 is 1.10 bits per heavy atom. The van der Waals surface area contributed by atoms with Crippen molar-refractivity contribution in [2.45, 2.75) is 24.8 Å². The van der Waals surface area contributed by atoms with E-state index in [2.05, 4.69) is 27.1 Å². The molecule has 1 saturated heterocycles. The topological polar surface area (TPSA) is 85.8 Å². The first kappa shape index (κ1) is 22.0. The number of carbonyl (C=O) groups excluding carboxylic acids is 1. The normalized spacial score (nSPS) is 14.3. The minimum atomic E-state index is -0.152. The third-order valence-electron chi connectivity index (χ3n) is 5.03. The van der Waals surface area contributed by atoms with E-state index in [4.69, 9.17) is 14.2 Å². The van der Waals surface area contributed by atoms with Crippen LogP contribution in [0.2, 0.25) is 0 Å². The second kappa shape index (κ2) is 10.4. The van der Waals surface area contributed by atoms with Gasteiger partial charge in [-0.2, -0.15) is 0 Å². The predicted molar refractivity (Wildman–Crippen MR) is 118 cm³/mol. The minimum Gasteiger partial charge on any atom is -0.493 e. The summed E-state index contributed by atoms with van der Waals surface area (Å²) in [4.78, 5) is 23.4. The summed E-state index contributed by atoms with van der Waals surface area (Å²) in [7, 11) is 4.61. The Bertz CT molecular complexity index is 847. The first-order valence-corrected chi connectivity index (χ1v) is 10.8. The zero-order chi connectivity index (χ0) is 21.5. The summed E-state index contributed by atoms with van der Waals surface area (Å²) in [6.45, 7) is 4.29. The Morgan fingerprint density at radius 3 is 2.37 bits per heavy atom. The molecule has 1 aliphatic rings. The minimum absolute atomic E-state index is 0.152. The molecular weight excluding hydrogens is 404 g/mol. The van der Waals surface area contributed by atoms with Gasteiger partial charge in [-0.05, 0) is 18.8 Å². The van der Waals surface area contributed by atoms with E-state index in [1.54, 1.807) is 18.5 Å². The number of piperidine rings is 1. The molecule has 0 aliphatic carbocycles. The molecule has 2 aromatic rings. The van der Waals surface area contributed by atoms with Gasteiger partial charge in [0.05, 0.1) is 27.1 Å². The summed E-state index contributed by atoms with van der Waals surface area (Å²) >= 11 is 1.38. The van der Waals surface area contributed by atoms with Gasteiger partial charge in [0.2, 0.25) is 11.7 Å². The van der Waals surface area contributed by atoms with Crippen LogP contribution >= 0.6 is 11.8 Å². The van der Waals surface area contributed by atoms with Crippen LogP contribution in [0.4, 0.5) is 11.5 Å². The number of methoxy groups -OCH3 is 3. The molecule has 9 heteroatoms. The van der Waals surface area contributed by atoms with Crippen molar-refractivity contribution in [3.63, 3.8) is 0 Å². The van der Waals surface area contributed by atoms with Gasteiger partial charge in [-0.1, -0.05) is 18.7 Å². The third kappa shape index (κ3) is 5.47. The van der Waals surface area contributed by atoms with Crippen LogP contribution in [-0.4, -0.2) is 56.0 Å². The number of carbonyl (C=O) groups is 1. The fourth-order valence-corrected chi connectivity index (χ4v) is 3.97. The van der Waals surface area contributed by atoms with Gasteiger partial charge in [-0.3, -0.25) is 4.79 Å². The van der Waals surface area contributed by atoms with Crippen molar-refractivity contribution in [2.75, 3.05) is 50.4 Å². The zero-order valence-electron chi connectivity index (χ0n) is 17.8. The largest absolute Gasteiger partial charge is 0.493 e. The molecule has 2 heterocycles. The van der Waals surface area contributed by atoms with Crippen molar-refractivity contribution < 1.29 is 19.0 Å². The zero-order valence-corrected chi connectivity index (χ0v) is 18.6. The van der Waals surface area contributed by atoms with Gasteiger partial charge >= 0.3 is 0 Å². The van der Waals surface area contributed by atoms with Crippen LogP contribution in [-0.2, 0) is 4.79 Å². The summed E-state index contributed by atoms with van der Waals surface area (Å²) in [5.74, 6) is 3.20. The van der Waals surface area contributed by atoms with Gasteiger partial charge < -0.3 is 24.4 Å². The number of ether oxygens (including phenoxy) is 3. The molecule has 0 unspecified atom stereocenters. The molecule has 0 saturated carbocycles. The smallest absolute Gasteiger partial charge is 0.234 e. The number of hydrogen-bond acceptors (Lipinski definition) is 8. The van der Waals surface area contributed by atoms with E-state index in [0.717, 1.165) is 29.9 Å². The molecule has 30 heavy (non-hydrogen) atoms. The van der Waals surface area contributed by atoms with E-state index in [1.165, 1.54) is 45.9 Å². The molecule has 0 bridgehead atoms. The van der Waals surface area contributed by atoms with Crippen LogP contribution in [0, 0.1) is 5.92 Å². The van der Waals surface area contributed by atoms with Gasteiger partial charge in [-0.15, -0.1) is 0 Å². The first-order chi connectivity index (χ1) is 14.5. The standard InChI is InChI=1S/C21H28N4O4S/c1-14-5-7-25(8-6-14)18-11-20(23-13-22-18)30-12-19(26)24-15-9-16(27-2)21(29-4)17(10-15)28-3/h9-11,13-14H,5-8,12H2,1-4H3,(H,24,26). The molecule has 1 aromatic carbocycles. The molecule has 1 aromatic heterocycles. The monoisotopic (exact) mass is 432 g/mol. The summed E-state index contributed by atoms with van der Waals surface area (Å²) in [6.07, 6.45) is 3.90. The molecule has 3 rings (SSSR count). The lowest BCUT2D eigenvalue weighted by Gasteiger charge is -2.31. The molecule has 8 nitrogen and oxygen atoms in total. The van der Waals surface area contributed by atoms with Gasteiger partial charge in [0.15, 0.2) is 11.5 Å². The van der Waals surface area contributed by atoms with E-state index < -0.39 is 0 Å². The van der Waals surface area contributed by atoms with E-state index >= 15 is 0 Å². The average Bonchev–Trinajstić information content (AvgIpc) is 2.77. The fourth-order valence-electron chi connectivity index (χ4n) is 3.31. The number of benzene rings is 1. The van der Waals surface area contributed by atoms with Crippen LogP contribution in [0.25, 0.3) is 0 Å². The van der Waals surface area contributed by atoms with Crippen LogP contribution < -0.4 is 24.4 Å². The van der Waals surface area contributed by atoms with Gasteiger partial charge in [0.1, 0.15) is 17.2 Å². The van der Waals surface area contributed by atoms with Crippen LogP contribution in [0.3, 0.4) is 0 Å². The Morgan fingerprint density at radius 2 is 1.77 bits per heavy atom. The number of nitrogens with zero attached hydrogens (tertiary/aromatic N) is 3. The van der Waals surface area contributed by atoms with Crippen molar-refractivity contribution in [3.8, 4) is 17.2 Å². The number of thioether (sulfide) groups is 1. The molecule has 1 fully saturated rings. The number of aromatic nitrogens is 2. The van der Waals surface area contributed by atoms with Crippen molar-refractivity contribution in [1.29, 1.82) is 0 Å². The molecule has 1 N–H and O–H groups in total. The van der Waals surface area contributed by atoms with Crippen LogP contribution in [0.15, 0.2) is 29.6 Å². The van der Waals surface area contributed by atoms with Crippen molar-refractivity contribution in [3.05, 3.63) is 24.5 Å². The highest BCUT2D eigenvalue weighted by molar-refractivity contribution is 7.99. The van der Waals surface area contributed by atoms with E-state index in [0.29, 0.717) is 22.9 Å². The molecule has 0 radical (unpaired) electrons. The molecule has 1 amide bonds. The van der Waals surface area contributed by atoms with Crippen LogP contribution in [0.1, 0.15) is 19.8 Å². The van der Waals surface area contributed by atoms with E-state index in [1.807, 2.05) is 6.07 Å². The average molecular weight is 433 g/mol. The lowest BCUT2D eigenvalue weighted by atomic mass is 9.99. The summed E-state index contributed by atoms with van der Waals surface area (Å²) < 4.78 is 16.0. The predicted octanol–water partition coefficient (Wildman–Crippen LogP) is 3.47. The van der Waals surface area contributed by atoms with Crippen molar-refractivity contribution in [1.82, 2.24) is 9.97 Å². The Kier molecular flexibility index (Phi) is 7.62. The number of hydrogen-bond donors (Lipinski definition) is 1. The van der Waals surface area contributed by atoms with E-state index in [9.17, 15) is 4.79 Å². The van der Waals surface area contributed by atoms with Crippen molar-refractivity contribution in [2.24, 2.45) is 5.92 Å². The van der Waals surface area contributed by atoms with Gasteiger partial charge in [-0.25, -0.2) is 9.97 Å². The molecular formula is C21H28N4O4S. The Balaban J connectivity index is 1.60. The number of amides is 1. The highest BCUT2D eigenvalue weighted by Gasteiger charge is 2.18. The second-order valence-electron chi connectivity index (χ2n) is 7.13. The quantitative estimate of drug-likeness (QED) is 0.501. The number of nitrogens with one attached hydrogen (secondary N) is 1. The maximum absolute atomic E-state index is 12.5. The highest BCUT2D eigenvalue weighted by atomic mass is 32.2. The molecule has 1 aliphatic heterocycles. The van der Waals surface area contributed by atoms with E-state index in [-0.39, 0.29) is 11.7 Å². The summed E-state index contributed by atoms with van der Waals surface area (Å²) in [5, 5.41) is 3.64. The maximum atomic E-state index is 12.5. The maximum Gasteiger partial charge on any atom is 0.234 e. The second-order valence-corrected chi connectivity index (χ2v) is 8.13. The number of rotatable bonds is 8. The first-order valence-electron chi connectivity index (χ1n) is 9.83. The lowest BCUT2D eigenvalue weighted by molar-refractivity contribution is -0.113. The summed E-state index contributed by atoms with van der Waals surface area (Å²) in [6, 6.07) is 5.35. The fraction of sp³-hybridized carbons (Fsp3) is 0.476. The lowest BCUT2D eigenvalue weighted by Crippen LogP contribution is -2.33. The van der Waals surface area contributed by atoms with Gasteiger partial charge in [0, 0.05) is 37.0 Å². The molecule has 0 atom stereocenters.